The van der Waals surface area contributed by atoms with Crippen molar-refractivity contribution in [2.24, 2.45) is 11.7 Å². The average Bonchev–Trinajstić information content (AvgIpc) is 2.38. The van der Waals surface area contributed by atoms with Crippen LogP contribution in [0.5, 0.6) is 0 Å². The lowest BCUT2D eigenvalue weighted by atomic mass is 9.87. The topological polar surface area (TPSA) is 35.2 Å². The highest BCUT2D eigenvalue weighted by Gasteiger charge is 2.32. The third-order valence-electron chi connectivity index (χ3n) is 3.46. The number of benzene rings is 1. The molecule has 1 saturated heterocycles. The van der Waals surface area contributed by atoms with Gasteiger partial charge in [-0.3, -0.25) is 0 Å². The first-order valence-electron chi connectivity index (χ1n) is 6.09. The maximum Gasteiger partial charge on any atom is 0.416 e. The van der Waals surface area contributed by atoms with Crippen LogP contribution in [0.15, 0.2) is 18.2 Å². The molecule has 0 aliphatic carbocycles. The Bertz CT molecular complexity index is 444. The maximum atomic E-state index is 12.7. The number of halogens is 4. The zero-order valence-electron chi connectivity index (χ0n) is 10.2. The van der Waals surface area contributed by atoms with E-state index in [-0.39, 0.29) is 10.9 Å². The fourth-order valence-electron chi connectivity index (χ4n) is 2.30. The molecule has 0 unspecified atom stereocenters. The van der Waals surface area contributed by atoms with Gasteiger partial charge in [-0.15, -0.1) is 0 Å². The largest absolute Gasteiger partial charge is 0.416 e. The Hall–Kier alpha value is -0.780. The molecule has 0 aromatic heterocycles. The van der Waals surface area contributed by atoms with E-state index in [4.69, 9.17) is 22.1 Å². The van der Waals surface area contributed by atoms with Crippen LogP contribution in [-0.2, 0) is 10.9 Å². The number of hydrogen-bond acceptors (Lipinski definition) is 2. The fraction of sp³-hybridized carbons (Fsp3) is 0.538. The summed E-state index contributed by atoms with van der Waals surface area (Å²) in [6, 6.07) is 2.81. The van der Waals surface area contributed by atoms with Crippen molar-refractivity contribution in [3.63, 3.8) is 0 Å². The van der Waals surface area contributed by atoms with Crippen LogP contribution < -0.4 is 5.73 Å². The molecule has 6 heteroatoms. The van der Waals surface area contributed by atoms with E-state index in [0.29, 0.717) is 18.8 Å². The number of hydrogen-bond donors (Lipinski definition) is 1. The molecule has 0 bridgehead atoms. The Labute approximate surface area is 114 Å². The van der Waals surface area contributed by atoms with Gasteiger partial charge in [-0.05, 0) is 42.5 Å². The minimum Gasteiger partial charge on any atom is -0.381 e. The van der Waals surface area contributed by atoms with Crippen LogP contribution in [0.4, 0.5) is 13.2 Å². The zero-order chi connectivity index (χ0) is 14.0. The third-order valence-corrected chi connectivity index (χ3v) is 3.80. The van der Waals surface area contributed by atoms with Gasteiger partial charge in [-0.25, -0.2) is 0 Å². The van der Waals surface area contributed by atoms with Crippen LogP contribution in [0, 0.1) is 5.92 Å². The Morgan fingerprint density at radius 2 is 1.89 bits per heavy atom. The van der Waals surface area contributed by atoms with Gasteiger partial charge in [0.2, 0.25) is 0 Å². The van der Waals surface area contributed by atoms with Gasteiger partial charge >= 0.3 is 6.18 Å². The van der Waals surface area contributed by atoms with Crippen molar-refractivity contribution in [3.05, 3.63) is 34.3 Å². The lowest BCUT2D eigenvalue weighted by Crippen LogP contribution is -2.28. The molecule has 0 radical (unpaired) electrons. The summed E-state index contributed by atoms with van der Waals surface area (Å²) in [5.74, 6) is 0.106. The smallest absolute Gasteiger partial charge is 0.381 e. The molecule has 2 nitrogen and oxygen atoms in total. The van der Waals surface area contributed by atoms with Crippen LogP contribution in [-0.4, -0.2) is 13.2 Å². The molecule has 0 saturated carbocycles. The molecular formula is C13H15ClF3NO. The second-order valence-electron chi connectivity index (χ2n) is 4.71. The number of rotatable bonds is 2. The highest BCUT2D eigenvalue weighted by Crippen LogP contribution is 2.36. The van der Waals surface area contributed by atoms with Crippen LogP contribution in [0.3, 0.4) is 0 Å². The van der Waals surface area contributed by atoms with Gasteiger partial charge in [0.1, 0.15) is 0 Å². The van der Waals surface area contributed by atoms with Gasteiger partial charge in [0.05, 0.1) is 5.56 Å². The molecule has 0 spiro atoms. The van der Waals surface area contributed by atoms with Gasteiger partial charge in [-0.2, -0.15) is 13.2 Å². The van der Waals surface area contributed by atoms with E-state index in [2.05, 4.69) is 0 Å². The standard InChI is InChI=1S/C13H15ClF3NO/c14-11-2-1-9(13(15,16)17)7-10(11)12(18)8-3-5-19-6-4-8/h1-2,7-8,12H,3-6,18H2/t12-/m0/s1. The lowest BCUT2D eigenvalue weighted by molar-refractivity contribution is -0.137. The molecule has 1 fully saturated rings. The summed E-state index contributed by atoms with van der Waals surface area (Å²) in [6.45, 7) is 1.18. The van der Waals surface area contributed by atoms with Crippen LogP contribution in [0.25, 0.3) is 0 Å². The SMILES string of the molecule is N[C@H](c1cc(C(F)(F)F)ccc1Cl)C1CCOCC1. The van der Waals surface area contributed by atoms with Gasteiger partial charge in [0, 0.05) is 24.3 Å². The van der Waals surface area contributed by atoms with Crippen molar-refractivity contribution in [2.45, 2.75) is 25.1 Å². The first-order chi connectivity index (χ1) is 8.89. The van der Waals surface area contributed by atoms with E-state index >= 15 is 0 Å². The van der Waals surface area contributed by atoms with Crippen LogP contribution >= 0.6 is 11.6 Å². The Morgan fingerprint density at radius 1 is 1.26 bits per heavy atom. The first kappa shape index (κ1) is 14.6. The minimum absolute atomic E-state index is 0.106. The van der Waals surface area contributed by atoms with Gasteiger partial charge in [0.25, 0.3) is 0 Å². The number of ether oxygens (including phenoxy) is 1. The molecule has 1 heterocycles. The lowest BCUT2D eigenvalue weighted by Gasteiger charge is -2.28. The maximum absolute atomic E-state index is 12.7. The Morgan fingerprint density at radius 3 is 2.47 bits per heavy atom. The molecule has 106 valence electrons. The highest BCUT2D eigenvalue weighted by molar-refractivity contribution is 6.31. The van der Waals surface area contributed by atoms with Gasteiger partial charge in [-0.1, -0.05) is 11.6 Å². The number of nitrogens with two attached hydrogens (primary N) is 1. The molecule has 1 aromatic rings. The van der Waals surface area contributed by atoms with Crippen LogP contribution in [0.2, 0.25) is 5.02 Å². The molecule has 19 heavy (non-hydrogen) atoms. The predicted octanol–water partition coefficient (Wildman–Crippen LogP) is 3.79. The van der Waals surface area contributed by atoms with Gasteiger partial charge in [0.15, 0.2) is 0 Å². The summed E-state index contributed by atoms with van der Waals surface area (Å²) in [6.07, 6.45) is -2.89. The second-order valence-corrected chi connectivity index (χ2v) is 5.12. The highest BCUT2D eigenvalue weighted by atomic mass is 35.5. The van der Waals surface area contributed by atoms with Crippen molar-refractivity contribution in [3.8, 4) is 0 Å². The second kappa shape index (κ2) is 5.69. The fourth-order valence-corrected chi connectivity index (χ4v) is 2.55. The van der Waals surface area contributed by atoms with Crippen molar-refractivity contribution >= 4 is 11.6 Å². The van der Waals surface area contributed by atoms with E-state index in [9.17, 15) is 13.2 Å². The van der Waals surface area contributed by atoms with Gasteiger partial charge < -0.3 is 10.5 Å². The summed E-state index contributed by atoms with van der Waals surface area (Å²) in [5, 5.41) is 0.284. The normalized spacial score (nSPS) is 19.4. The monoisotopic (exact) mass is 293 g/mol. The molecule has 0 amide bonds. The van der Waals surface area contributed by atoms with Crippen molar-refractivity contribution in [1.29, 1.82) is 0 Å². The Kier molecular flexibility index (Phi) is 4.38. The van der Waals surface area contributed by atoms with Crippen LogP contribution in [0.1, 0.15) is 30.0 Å². The van der Waals surface area contributed by atoms with E-state index in [1.54, 1.807) is 0 Å². The predicted molar refractivity (Wildman–Crippen MR) is 66.9 cm³/mol. The third kappa shape index (κ3) is 3.41. The van der Waals surface area contributed by atoms with Crippen molar-refractivity contribution < 1.29 is 17.9 Å². The average molecular weight is 294 g/mol. The summed E-state index contributed by atoms with van der Waals surface area (Å²) in [4.78, 5) is 0. The molecule has 1 aromatic carbocycles. The summed E-state index contributed by atoms with van der Waals surface area (Å²) >= 11 is 5.98. The molecule has 2 N–H and O–H groups in total. The number of alkyl halides is 3. The minimum atomic E-state index is -4.38. The summed E-state index contributed by atoms with van der Waals surface area (Å²) < 4.78 is 43.3. The molecule has 1 aliphatic heterocycles. The van der Waals surface area contributed by atoms with E-state index in [1.807, 2.05) is 0 Å². The molecular weight excluding hydrogens is 279 g/mol. The summed E-state index contributed by atoms with van der Waals surface area (Å²) in [7, 11) is 0. The van der Waals surface area contributed by atoms with E-state index < -0.39 is 17.8 Å². The van der Waals surface area contributed by atoms with Crippen molar-refractivity contribution in [1.82, 2.24) is 0 Å². The van der Waals surface area contributed by atoms with E-state index in [0.717, 1.165) is 25.0 Å². The first-order valence-corrected chi connectivity index (χ1v) is 6.47. The zero-order valence-corrected chi connectivity index (χ0v) is 11.0. The Balaban J connectivity index is 2.27. The molecule has 1 atom stereocenters. The molecule has 1 aliphatic rings. The van der Waals surface area contributed by atoms with Crippen molar-refractivity contribution in [2.75, 3.05) is 13.2 Å². The quantitative estimate of drug-likeness (QED) is 0.900. The van der Waals surface area contributed by atoms with E-state index in [1.165, 1.54) is 6.07 Å². The summed E-state index contributed by atoms with van der Waals surface area (Å²) in [5.41, 5.74) is 5.73. The molecule has 2 rings (SSSR count).